The van der Waals surface area contributed by atoms with E-state index in [1.165, 1.54) is 6.07 Å². The van der Waals surface area contributed by atoms with E-state index in [1.54, 1.807) is 43.0 Å². The molecular weight excluding hydrogens is 383 g/mol. The molecule has 0 heterocycles. The van der Waals surface area contributed by atoms with Gasteiger partial charge in [-0.25, -0.2) is 0 Å². The number of carbonyl (C=O) groups is 1. The van der Waals surface area contributed by atoms with Gasteiger partial charge in [-0.1, -0.05) is 35.3 Å². The van der Waals surface area contributed by atoms with Crippen LogP contribution in [0.2, 0.25) is 10.0 Å². The number of nitrogens with one attached hydrogen (secondary N) is 1. The van der Waals surface area contributed by atoms with Gasteiger partial charge >= 0.3 is 0 Å². The summed E-state index contributed by atoms with van der Waals surface area (Å²) in [4.78, 5) is 22.6. The highest BCUT2D eigenvalue weighted by Gasteiger charge is 2.15. The Kier molecular flexibility index (Phi) is 7.11. The molecule has 25 heavy (non-hydrogen) atoms. The van der Waals surface area contributed by atoms with E-state index in [-0.39, 0.29) is 23.7 Å². The number of nitro groups is 1. The standard InChI is InChI=1S/C17H16Cl2N2O3S/c1-11-2-5-15(16(8-11)21(23)24)20-17(22)6-7-25-10-12-3-4-13(18)14(19)9-12/h2-5,8-9H,6-7,10H2,1H3,(H,20,22). The fraction of sp³-hybridized carbons (Fsp3) is 0.235. The van der Waals surface area contributed by atoms with E-state index in [2.05, 4.69) is 5.32 Å². The molecule has 0 saturated carbocycles. The van der Waals surface area contributed by atoms with E-state index in [0.717, 1.165) is 11.1 Å². The average Bonchev–Trinajstić information content (AvgIpc) is 2.56. The van der Waals surface area contributed by atoms with Crippen molar-refractivity contribution in [3.8, 4) is 0 Å². The molecule has 1 N–H and O–H groups in total. The number of hydrogen-bond donors (Lipinski definition) is 1. The zero-order valence-corrected chi connectivity index (χ0v) is 15.7. The van der Waals surface area contributed by atoms with E-state index >= 15 is 0 Å². The highest BCUT2D eigenvalue weighted by Crippen LogP contribution is 2.26. The van der Waals surface area contributed by atoms with Crippen molar-refractivity contribution in [2.24, 2.45) is 0 Å². The van der Waals surface area contributed by atoms with Crippen LogP contribution in [-0.2, 0) is 10.5 Å². The Morgan fingerprint density at radius 1 is 1.20 bits per heavy atom. The fourth-order valence-corrected chi connectivity index (χ4v) is 3.31. The summed E-state index contributed by atoms with van der Waals surface area (Å²) in [5.41, 5.74) is 1.91. The maximum Gasteiger partial charge on any atom is 0.293 e. The van der Waals surface area contributed by atoms with Crippen molar-refractivity contribution in [3.05, 3.63) is 67.7 Å². The number of thioether (sulfide) groups is 1. The maximum absolute atomic E-state index is 12.0. The Morgan fingerprint density at radius 2 is 1.96 bits per heavy atom. The molecule has 0 aliphatic rings. The second-order valence-electron chi connectivity index (χ2n) is 5.38. The average molecular weight is 399 g/mol. The number of nitrogens with zero attached hydrogens (tertiary/aromatic N) is 1. The minimum Gasteiger partial charge on any atom is -0.320 e. The second-order valence-corrected chi connectivity index (χ2v) is 7.30. The lowest BCUT2D eigenvalue weighted by Gasteiger charge is -2.07. The lowest BCUT2D eigenvalue weighted by atomic mass is 10.2. The van der Waals surface area contributed by atoms with Crippen molar-refractivity contribution < 1.29 is 9.72 Å². The predicted octanol–water partition coefficient (Wildman–Crippen LogP) is 5.47. The van der Waals surface area contributed by atoms with Gasteiger partial charge in [0.2, 0.25) is 5.91 Å². The molecule has 1 amide bonds. The molecule has 0 aliphatic heterocycles. The third-order valence-electron chi connectivity index (χ3n) is 3.35. The molecule has 0 saturated heterocycles. The minimum atomic E-state index is -0.498. The van der Waals surface area contributed by atoms with Crippen molar-refractivity contribution in [3.63, 3.8) is 0 Å². The molecule has 0 aliphatic carbocycles. The van der Waals surface area contributed by atoms with Gasteiger partial charge in [0.15, 0.2) is 0 Å². The monoisotopic (exact) mass is 398 g/mol. The normalized spacial score (nSPS) is 10.5. The Labute approximate surface area is 159 Å². The summed E-state index contributed by atoms with van der Waals surface area (Å²) in [5, 5.41) is 14.7. The van der Waals surface area contributed by atoms with E-state index in [1.807, 2.05) is 6.07 Å². The van der Waals surface area contributed by atoms with E-state index in [0.29, 0.717) is 21.6 Å². The van der Waals surface area contributed by atoms with Crippen molar-refractivity contribution in [2.75, 3.05) is 11.1 Å². The van der Waals surface area contributed by atoms with Gasteiger partial charge in [0, 0.05) is 24.0 Å². The first-order chi connectivity index (χ1) is 11.9. The van der Waals surface area contributed by atoms with Gasteiger partial charge in [-0.3, -0.25) is 14.9 Å². The summed E-state index contributed by atoms with van der Waals surface area (Å²) < 4.78 is 0. The van der Waals surface area contributed by atoms with Crippen molar-refractivity contribution in [1.29, 1.82) is 0 Å². The molecule has 0 bridgehead atoms. The first kappa shape index (κ1) is 19.6. The van der Waals surface area contributed by atoms with Crippen LogP contribution in [0.15, 0.2) is 36.4 Å². The number of halogens is 2. The summed E-state index contributed by atoms with van der Waals surface area (Å²) in [6.07, 6.45) is 0.261. The zero-order chi connectivity index (χ0) is 18.4. The molecule has 8 heteroatoms. The van der Waals surface area contributed by atoms with Gasteiger partial charge in [0.25, 0.3) is 5.69 Å². The first-order valence-corrected chi connectivity index (χ1v) is 9.34. The van der Waals surface area contributed by atoms with Gasteiger partial charge in [-0.2, -0.15) is 11.8 Å². The molecule has 132 valence electrons. The van der Waals surface area contributed by atoms with Crippen molar-refractivity contribution in [2.45, 2.75) is 19.1 Å². The predicted molar refractivity (Wildman–Crippen MR) is 104 cm³/mol. The number of aryl methyl sites for hydroxylation is 1. The van der Waals surface area contributed by atoms with Crippen LogP contribution in [0.1, 0.15) is 17.5 Å². The van der Waals surface area contributed by atoms with Crippen LogP contribution >= 0.6 is 35.0 Å². The van der Waals surface area contributed by atoms with Crippen LogP contribution in [-0.4, -0.2) is 16.6 Å². The summed E-state index contributed by atoms with van der Waals surface area (Å²) in [7, 11) is 0. The SMILES string of the molecule is Cc1ccc(NC(=O)CCSCc2ccc(Cl)c(Cl)c2)c([N+](=O)[O-])c1. The van der Waals surface area contributed by atoms with Crippen LogP contribution < -0.4 is 5.32 Å². The van der Waals surface area contributed by atoms with Crippen LogP contribution in [0, 0.1) is 17.0 Å². The van der Waals surface area contributed by atoms with Gasteiger partial charge in [-0.15, -0.1) is 0 Å². The second kappa shape index (κ2) is 9.08. The summed E-state index contributed by atoms with van der Waals surface area (Å²) in [5.74, 6) is 1.04. The highest BCUT2D eigenvalue weighted by atomic mass is 35.5. The largest absolute Gasteiger partial charge is 0.320 e. The fourth-order valence-electron chi connectivity index (χ4n) is 2.10. The number of anilines is 1. The summed E-state index contributed by atoms with van der Waals surface area (Å²) in [6, 6.07) is 10.1. The van der Waals surface area contributed by atoms with Gasteiger partial charge in [0.1, 0.15) is 5.69 Å². The minimum absolute atomic E-state index is 0.100. The Hall–Kier alpha value is -1.76. The third kappa shape index (κ3) is 5.92. The van der Waals surface area contributed by atoms with Crippen LogP contribution in [0.4, 0.5) is 11.4 Å². The molecular formula is C17H16Cl2N2O3S. The van der Waals surface area contributed by atoms with E-state index in [9.17, 15) is 14.9 Å². The molecule has 2 aromatic rings. The molecule has 0 unspecified atom stereocenters. The summed E-state index contributed by atoms with van der Waals surface area (Å²) in [6.45, 7) is 1.76. The van der Waals surface area contributed by atoms with E-state index < -0.39 is 4.92 Å². The third-order valence-corrected chi connectivity index (χ3v) is 5.12. The number of amides is 1. The first-order valence-electron chi connectivity index (χ1n) is 7.43. The molecule has 0 fully saturated rings. The number of benzene rings is 2. The van der Waals surface area contributed by atoms with Crippen LogP contribution in [0.3, 0.4) is 0 Å². The van der Waals surface area contributed by atoms with Gasteiger partial charge in [-0.05, 0) is 36.2 Å². The topological polar surface area (TPSA) is 72.2 Å². The van der Waals surface area contributed by atoms with Crippen molar-refractivity contribution >= 4 is 52.2 Å². The van der Waals surface area contributed by atoms with Crippen LogP contribution in [0.5, 0.6) is 0 Å². The smallest absolute Gasteiger partial charge is 0.293 e. The van der Waals surface area contributed by atoms with Gasteiger partial charge in [0.05, 0.1) is 15.0 Å². The quantitative estimate of drug-likeness (QED) is 0.381. The molecule has 2 aromatic carbocycles. The molecule has 0 atom stereocenters. The number of carbonyl (C=O) groups excluding carboxylic acids is 1. The highest BCUT2D eigenvalue weighted by molar-refractivity contribution is 7.98. The molecule has 0 radical (unpaired) electrons. The van der Waals surface area contributed by atoms with Crippen LogP contribution in [0.25, 0.3) is 0 Å². The Bertz CT molecular complexity index is 799. The Morgan fingerprint density at radius 3 is 2.64 bits per heavy atom. The Balaban J connectivity index is 1.83. The van der Waals surface area contributed by atoms with Gasteiger partial charge < -0.3 is 5.32 Å². The van der Waals surface area contributed by atoms with E-state index in [4.69, 9.17) is 23.2 Å². The lowest BCUT2D eigenvalue weighted by Crippen LogP contribution is -2.13. The number of hydrogen-bond acceptors (Lipinski definition) is 4. The lowest BCUT2D eigenvalue weighted by molar-refractivity contribution is -0.384. The summed E-state index contributed by atoms with van der Waals surface area (Å²) >= 11 is 13.4. The zero-order valence-electron chi connectivity index (χ0n) is 13.4. The molecule has 2 rings (SSSR count). The molecule has 5 nitrogen and oxygen atoms in total. The molecule has 0 spiro atoms. The molecule has 0 aromatic heterocycles. The van der Waals surface area contributed by atoms with Crippen molar-refractivity contribution in [1.82, 2.24) is 0 Å². The number of nitro benzene ring substituents is 1. The number of rotatable bonds is 7. The maximum atomic E-state index is 12.0.